The average Bonchev–Trinajstić information content (AvgIpc) is 3.38. The van der Waals surface area contributed by atoms with Crippen LogP contribution in [0.15, 0.2) is 58.5 Å². The molecule has 15 nitrogen and oxygen atoms in total. The fourth-order valence-electron chi connectivity index (χ4n) is 6.44. The number of nitrogens with zero attached hydrogens (tertiary/aromatic N) is 1. The van der Waals surface area contributed by atoms with Gasteiger partial charge in [0.15, 0.2) is 6.10 Å². The summed E-state index contributed by atoms with van der Waals surface area (Å²) in [5.74, 6) is -3.03. The lowest BCUT2D eigenvalue weighted by atomic mass is 9.85. The first-order valence-corrected chi connectivity index (χ1v) is 17.5. The molecule has 15 heteroatoms. The third-order valence-electron chi connectivity index (χ3n) is 9.70. The van der Waals surface area contributed by atoms with Gasteiger partial charge in [0.05, 0.1) is 23.6 Å². The highest BCUT2D eigenvalue weighted by Crippen LogP contribution is 2.29. The van der Waals surface area contributed by atoms with Crippen LogP contribution in [-0.2, 0) is 33.4 Å². The fraction of sp³-hybridized carbons (Fsp3) is 0.568. The molecule has 5 amide bonds. The van der Waals surface area contributed by atoms with Crippen molar-refractivity contribution >= 4 is 35.5 Å². The number of hydrogen-bond donors (Lipinski definition) is 5. The Balaban J connectivity index is 1.99. The molecule has 0 radical (unpaired) electrons. The summed E-state index contributed by atoms with van der Waals surface area (Å²) in [7, 11) is 2.87. The van der Waals surface area contributed by atoms with Crippen LogP contribution in [0.5, 0.6) is 0 Å². The lowest BCUT2D eigenvalue weighted by Crippen LogP contribution is -2.41. The summed E-state index contributed by atoms with van der Waals surface area (Å²) in [5.41, 5.74) is 5.99. The predicted molar refractivity (Wildman–Crippen MR) is 191 cm³/mol. The summed E-state index contributed by atoms with van der Waals surface area (Å²) >= 11 is 0. The molecule has 0 spiro atoms. The minimum Gasteiger partial charge on any atom is -0.439 e. The van der Waals surface area contributed by atoms with Crippen LogP contribution in [0.1, 0.15) is 60.8 Å². The molecule has 8 atom stereocenters. The third-order valence-corrected chi connectivity index (χ3v) is 9.70. The lowest BCUT2D eigenvalue weighted by molar-refractivity contribution is -0.128. The molecular formula is C37H53N5O10. The number of allylic oxidation sites excluding steroid dienone is 4. The SMILES string of the molecule is CC[C@H](C)C1NC(=O)N(CCNC2=C3C[C@@H](C)C[C@H](OC)[C@H](O)[C@@H](C)/C=C(\C)[C@H](OC(N)=O)[C@@H](OC)/C=C/C=C(/C)C(=O)NC(=CC2=O)C3=O)C1=O. The molecule has 0 aromatic carbocycles. The normalized spacial score (nSPS) is 31.5. The Labute approximate surface area is 304 Å². The zero-order valence-corrected chi connectivity index (χ0v) is 31.2. The number of fused-ring (bicyclic) bond motifs is 2. The molecule has 3 rings (SSSR count). The molecule has 2 heterocycles. The molecule has 0 saturated carbocycles. The van der Waals surface area contributed by atoms with Gasteiger partial charge >= 0.3 is 12.1 Å². The van der Waals surface area contributed by atoms with Gasteiger partial charge in [-0.1, -0.05) is 58.4 Å². The molecule has 1 saturated heterocycles. The number of aliphatic hydroxyl groups is 1. The van der Waals surface area contributed by atoms with Crippen molar-refractivity contribution in [3.05, 3.63) is 58.5 Å². The lowest BCUT2D eigenvalue weighted by Gasteiger charge is -2.30. The van der Waals surface area contributed by atoms with E-state index in [1.165, 1.54) is 33.3 Å². The van der Waals surface area contributed by atoms with Gasteiger partial charge in [0, 0.05) is 50.4 Å². The van der Waals surface area contributed by atoms with Crippen LogP contribution in [0.25, 0.3) is 0 Å². The molecule has 1 fully saturated rings. The molecule has 2 bridgehead atoms. The van der Waals surface area contributed by atoms with Crippen molar-refractivity contribution in [3.63, 3.8) is 0 Å². The highest BCUT2D eigenvalue weighted by Gasteiger charge is 2.40. The first kappa shape index (κ1) is 41.8. The van der Waals surface area contributed by atoms with Gasteiger partial charge in [-0.25, -0.2) is 9.59 Å². The summed E-state index contributed by atoms with van der Waals surface area (Å²) in [4.78, 5) is 79.1. The summed E-state index contributed by atoms with van der Waals surface area (Å²) in [6.45, 7) is 10.6. The highest BCUT2D eigenvalue weighted by atomic mass is 16.6. The summed E-state index contributed by atoms with van der Waals surface area (Å²) < 4.78 is 16.7. The maximum atomic E-state index is 14.0. The van der Waals surface area contributed by atoms with E-state index in [1.807, 2.05) is 20.8 Å². The zero-order chi connectivity index (χ0) is 38.9. The number of hydrogen-bond acceptors (Lipinski definition) is 11. The van der Waals surface area contributed by atoms with Crippen molar-refractivity contribution in [2.45, 2.75) is 91.3 Å². The zero-order valence-electron chi connectivity index (χ0n) is 31.2. The predicted octanol–water partition coefficient (Wildman–Crippen LogP) is 2.32. The van der Waals surface area contributed by atoms with E-state index in [9.17, 15) is 33.9 Å². The van der Waals surface area contributed by atoms with Crippen molar-refractivity contribution in [3.8, 4) is 0 Å². The van der Waals surface area contributed by atoms with Gasteiger partial charge in [-0.15, -0.1) is 0 Å². The number of ketones is 2. The second kappa shape index (κ2) is 18.8. The van der Waals surface area contributed by atoms with Crippen LogP contribution >= 0.6 is 0 Å². The molecule has 3 aliphatic rings. The Morgan fingerprint density at radius 1 is 1.13 bits per heavy atom. The molecule has 6 N–H and O–H groups in total. The van der Waals surface area contributed by atoms with E-state index in [2.05, 4.69) is 16.0 Å². The van der Waals surface area contributed by atoms with Gasteiger partial charge in [-0.3, -0.25) is 24.1 Å². The van der Waals surface area contributed by atoms with Gasteiger partial charge in [-0.05, 0) is 44.1 Å². The van der Waals surface area contributed by atoms with E-state index in [4.69, 9.17) is 19.9 Å². The van der Waals surface area contributed by atoms with Crippen molar-refractivity contribution < 1.29 is 48.1 Å². The molecule has 1 aliphatic carbocycles. The number of carbonyl (C=O) groups excluding carboxylic acids is 6. The number of amides is 5. The van der Waals surface area contributed by atoms with E-state index < -0.39 is 66.0 Å². The average molecular weight is 728 g/mol. The first-order chi connectivity index (χ1) is 24.5. The molecule has 0 aromatic rings. The number of rotatable bonds is 9. The Morgan fingerprint density at radius 2 is 1.83 bits per heavy atom. The van der Waals surface area contributed by atoms with Crippen LogP contribution in [0.2, 0.25) is 0 Å². The van der Waals surface area contributed by atoms with Crippen LogP contribution < -0.4 is 21.7 Å². The van der Waals surface area contributed by atoms with Gasteiger partial charge < -0.3 is 41.0 Å². The smallest absolute Gasteiger partial charge is 0.405 e. The third kappa shape index (κ3) is 10.3. The number of primary amides is 1. The van der Waals surface area contributed by atoms with E-state index >= 15 is 0 Å². The van der Waals surface area contributed by atoms with Crippen LogP contribution in [0, 0.1) is 17.8 Å². The number of Topliss-reactive ketones (excluding diaryl/α,β-unsaturated/α-hetero) is 1. The van der Waals surface area contributed by atoms with Gasteiger partial charge in [0.25, 0.3) is 11.8 Å². The molecule has 286 valence electrons. The van der Waals surface area contributed by atoms with Crippen molar-refractivity contribution in [1.29, 1.82) is 0 Å². The fourth-order valence-corrected chi connectivity index (χ4v) is 6.44. The largest absolute Gasteiger partial charge is 0.439 e. The molecule has 2 aliphatic heterocycles. The molecular weight excluding hydrogens is 674 g/mol. The topological polar surface area (TPSA) is 216 Å². The van der Waals surface area contributed by atoms with Crippen molar-refractivity contribution in [2.75, 3.05) is 27.3 Å². The standard InChI is InChI=1S/C37H53N5O10/c1-9-20(3)29-35(47)42(37(49)41-29)14-13-39-30-24-15-19(2)16-28(51-8)31(44)22(5)17-23(6)33(52-36(38)48)27(50-7)12-10-11-21(4)34(46)40-25(32(24)45)18-26(30)43/h10-12,17-20,22,27-29,31,33,39,44H,9,13-16H2,1-8H3,(H2,38,48)(H,40,46)(H,41,49)/b12-10+,21-11-,23-17+/t19-,20+,22+,27+,28+,29?,31-,33+/m1/s1. The minimum absolute atomic E-state index is 0.00555. The van der Waals surface area contributed by atoms with E-state index in [-0.39, 0.29) is 66.2 Å². The molecule has 52 heavy (non-hydrogen) atoms. The van der Waals surface area contributed by atoms with Crippen molar-refractivity contribution in [1.82, 2.24) is 20.9 Å². The van der Waals surface area contributed by atoms with Crippen molar-refractivity contribution in [2.24, 2.45) is 23.5 Å². The monoisotopic (exact) mass is 727 g/mol. The number of methoxy groups -OCH3 is 2. The number of nitrogens with one attached hydrogen (secondary N) is 3. The van der Waals surface area contributed by atoms with Gasteiger partial charge in [-0.2, -0.15) is 0 Å². The molecule has 0 aromatic heterocycles. The Kier molecular flexibility index (Phi) is 15.1. The summed E-state index contributed by atoms with van der Waals surface area (Å²) in [6, 6.07) is -1.16. The van der Waals surface area contributed by atoms with E-state index in [0.717, 1.165) is 11.0 Å². The Bertz CT molecular complexity index is 1560. The number of ether oxygens (including phenoxy) is 3. The second-order valence-electron chi connectivity index (χ2n) is 13.7. The first-order valence-electron chi connectivity index (χ1n) is 17.5. The summed E-state index contributed by atoms with van der Waals surface area (Å²) in [6.07, 6.45) is 3.81. The second-order valence-corrected chi connectivity index (χ2v) is 13.7. The van der Waals surface area contributed by atoms with Gasteiger partial charge in [0.2, 0.25) is 11.6 Å². The van der Waals surface area contributed by atoms with Crippen LogP contribution in [0.3, 0.4) is 0 Å². The Morgan fingerprint density at radius 3 is 2.44 bits per heavy atom. The van der Waals surface area contributed by atoms with E-state index in [1.54, 1.807) is 26.0 Å². The summed E-state index contributed by atoms with van der Waals surface area (Å²) in [5, 5.41) is 19.6. The number of aliphatic hydroxyl groups excluding tert-OH is 1. The molecule has 1 unspecified atom stereocenters. The van der Waals surface area contributed by atoms with E-state index in [0.29, 0.717) is 12.0 Å². The highest BCUT2D eigenvalue weighted by molar-refractivity contribution is 6.23. The number of nitrogens with two attached hydrogens (primary N) is 1. The van der Waals surface area contributed by atoms with Crippen LogP contribution in [-0.4, -0.2) is 103 Å². The maximum absolute atomic E-state index is 14.0. The number of urea groups is 1. The van der Waals surface area contributed by atoms with Gasteiger partial charge in [0.1, 0.15) is 12.1 Å². The maximum Gasteiger partial charge on any atom is 0.405 e. The minimum atomic E-state index is -1.03. The number of carbonyl (C=O) groups is 6. The Hall–Kier alpha value is -4.60. The number of imide groups is 1. The quantitative estimate of drug-likeness (QED) is 0.132. The van der Waals surface area contributed by atoms with Crippen LogP contribution in [0.4, 0.5) is 9.59 Å².